The Kier molecular flexibility index (Phi) is 10.4. The SMILES string of the molecule is CC(=O)CCc1ccccc1.Cc1ccc(C)cc1.Cc1ccccc1. The van der Waals surface area contributed by atoms with E-state index in [0.29, 0.717) is 6.42 Å². The van der Waals surface area contributed by atoms with E-state index < -0.39 is 0 Å². The van der Waals surface area contributed by atoms with Crippen molar-refractivity contribution in [1.29, 1.82) is 0 Å². The van der Waals surface area contributed by atoms with Gasteiger partial charge in [0.1, 0.15) is 5.78 Å². The highest BCUT2D eigenvalue weighted by atomic mass is 16.1. The number of hydrogen-bond acceptors (Lipinski definition) is 1. The van der Waals surface area contributed by atoms with Crippen LogP contribution in [0, 0.1) is 20.8 Å². The van der Waals surface area contributed by atoms with Crippen LogP contribution in [0.2, 0.25) is 0 Å². The van der Waals surface area contributed by atoms with Crippen LogP contribution in [0.5, 0.6) is 0 Å². The molecule has 3 aromatic rings. The molecule has 0 saturated heterocycles. The van der Waals surface area contributed by atoms with Crippen molar-refractivity contribution >= 4 is 5.78 Å². The number of aryl methyl sites for hydroxylation is 4. The predicted octanol–water partition coefficient (Wildman–Crippen LogP) is 6.51. The van der Waals surface area contributed by atoms with Crippen molar-refractivity contribution in [3.8, 4) is 0 Å². The maximum atomic E-state index is 10.6. The second-order valence-electron chi connectivity index (χ2n) is 6.50. The first-order chi connectivity index (χ1) is 12.5. The van der Waals surface area contributed by atoms with Gasteiger partial charge in [-0.3, -0.25) is 0 Å². The summed E-state index contributed by atoms with van der Waals surface area (Å²) in [6, 6.07) is 28.8. The Morgan fingerprint density at radius 1 is 0.615 bits per heavy atom. The van der Waals surface area contributed by atoms with E-state index in [2.05, 4.69) is 57.2 Å². The fourth-order valence-corrected chi connectivity index (χ4v) is 2.14. The minimum absolute atomic E-state index is 0.258. The minimum Gasteiger partial charge on any atom is -0.300 e. The van der Waals surface area contributed by atoms with E-state index in [-0.39, 0.29) is 5.78 Å². The molecule has 0 aliphatic carbocycles. The monoisotopic (exact) mass is 346 g/mol. The van der Waals surface area contributed by atoms with E-state index in [9.17, 15) is 4.79 Å². The minimum atomic E-state index is 0.258. The van der Waals surface area contributed by atoms with E-state index in [0.717, 1.165) is 6.42 Å². The lowest BCUT2D eigenvalue weighted by Crippen LogP contribution is -1.92. The Morgan fingerprint density at radius 3 is 1.35 bits per heavy atom. The highest BCUT2D eigenvalue weighted by Gasteiger charge is 1.94. The molecule has 0 bridgehead atoms. The van der Waals surface area contributed by atoms with Crippen LogP contribution in [-0.2, 0) is 11.2 Å². The van der Waals surface area contributed by atoms with E-state index >= 15 is 0 Å². The average molecular weight is 347 g/mol. The normalized spacial score (nSPS) is 9.23. The number of Topliss-reactive ketones (excluding diaryl/α,β-unsaturated/α-hetero) is 1. The molecule has 1 heteroatoms. The summed E-state index contributed by atoms with van der Waals surface area (Å²) in [5.41, 5.74) is 5.22. The quantitative estimate of drug-likeness (QED) is 0.528. The van der Waals surface area contributed by atoms with Crippen molar-refractivity contribution in [2.75, 3.05) is 0 Å². The molecule has 0 spiro atoms. The molecule has 0 fully saturated rings. The Balaban J connectivity index is 0.000000201. The maximum Gasteiger partial charge on any atom is 0.130 e. The summed E-state index contributed by atoms with van der Waals surface area (Å²) >= 11 is 0. The molecule has 0 aliphatic rings. The summed E-state index contributed by atoms with van der Waals surface area (Å²) in [5.74, 6) is 0.258. The molecule has 0 aliphatic heterocycles. The zero-order chi connectivity index (χ0) is 19.2. The maximum absolute atomic E-state index is 10.6. The van der Waals surface area contributed by atoms with E-state index in [4.69, 9.17) is 0 Å². The molecule has 26 heavy (non-hydrogen) atoms. The van der Waals surface area contributed by atoms with Gasteiger partial charge in [-0.25, -0.2) is 0 Å². The second-order valence-corrected chi connectivity index (χ2v) is 6.50. The van der Waals surface area contributed by atoms with Crippen molar-refractivity contribution in [2.45, 2.75) is 40.5 Å². The zero-order valence-electron chi connectivity index (χ0n) is 16.4. The van der Waals surface area contributed by atoms with Crippen molar-refractivity contribution in [3.05, 3.63) is 107 Å². The van der Waals surface area contributed by atoms with Gasteiger partial charge in [0.2, 0.25) is 0 Å². The van der Waals surface area contributed by atoms with Crippen LogP contribution in [0.4, 0.5) is 0 Å². The lowest BCUT2D eigenvalue weighted by molar-refractivity contribution is -0.116. The topological polar surface area (TPSA) is 17.1 Å². The molecule has 0 unspecified atom stereocenters. The van der Waals surface area contributed by atoms with E-state index in [1.165, 1.54) is 22.3 Å². The van der Waals surface area contributed by atoms with Crippen LogP contribution in [0.25, 0.3) is 0 Å². The van der Waals surface area contributed by atoms with Crippen LogP contribution in [-0.4, -0.2) is 5.78 Å². The van der Waals surface area contributed by atoms with Crippen LogP contribution >= 0.6 is 0 Å². The Bertz CT molecular complexity index is 707. The molecule has 136 valence electrons. The van der Waals surface area contributed by atoms with Gasteiger partial charge in [0.25, 0.3) is 0 Å². The summed E-state index contributed by atoms with van der Waals surface area (Å²) < 4.78 is 0. The first-order valence-corrected chi connectivity index (χ1v) is 9.05. The molecule has 0 atom stereocenters. The Morgan fingerprint density at radius 2 is 1.00 bits per heavy atom. The molecule has 0 amide bonds. The summed E-state index contributed by atoms with van der Waals surface area (Å²) in [4.78, 5) is 10.6. The van der Waals surface area contributed by atoms with Gasteiger partial charge in [-0.05, 0) is 39.7 Å². The molecule has 3 aromatic carbocycles. The number of carbonyl (C=O) groups excluding carboxylic acids is 1. The number of ketones is 1. The Labute approximate surface area is 158 Å². The van der Waals surface area contributed by atoms with Gasteiger partial charge in [-0.2, -0.15) is 0 Å². The van der Waals surface area contributed by atoms with Crippen LogP contribution < -0.4 is 0 Å². The van der Waals surface area contributed by atoms with E-state index in [1.54, 1.807) is 6.92 Å². The second kappa shape index (κ2) is 12.7. The molecular formula is C25H30O. The lowest BCUT2D eigenvalue weighted by atomic mass is 10.1. The first kappa shape index (κ1) is 21.4. The summed E-state index contributed by atoms with van der Waals surface area (Å²) in [6.45, 7) is 7.90. The van der Waals surface area contributed by atoms with Crippen molar-refractivity contribution < 1.29 is 4.79 Å². The molecule has 0 saturated carbocycles. The lowest BCUT2D eigenvalue weighted by Gasteiger charge is -1.96. The van der Waals surface area contributed by atoms with Crippen molar-refractivity contribution in [2.24, 2.45) is 0 Å². The highest BCUT2D eigenvalue weighted by Crippen LogP contribution is 2.02. The number of rotatable bonds is 3. The van der Waals surface area contributed by atoms with Gasteiger partial charge >= 0.3 is 0 Å². The van der Waals surface area contributed by atoms with E-state index in [1.807, 2.05) is 48.5 Å². The van der Waals surface area contributed by atoms with Crippen LogP contribution in [0.15, 0.2) is 84.9 Å². The molecule has 1 nitrogen and oxygen atoms in total. The van der Waals surface area contributed by atoms with Gasteiger partial charge < -0.3 is 4.79 Å². The third-order valence-electron chi connectivity index (χ3n) is 3.77. The highest BCUT2D eigenvalue weighted by molar-refractivity contribution is 5.75. The van der Waals surface area contributed by atoms with Crippen molar-refractivity contribution in [3.63, 3.8) is 0 Å². The molecule has 3 rings (SSSR count). The van der Waals surface area contributed by atoms with Gasteiger partial charge in [-0.1, -0.05) is 102 Å². The summed E-state index contributed by atoms with van der Waals surface area (Å²) in [6.07, 6.45) is 1.53. The molecule has 0 aromatic heterocycles. The average Bonchev–Trinajstić information content (AvgIpc) is 2.65. The molecule has 0 N–H and O–H groups in total. The largest absolute Gasteiger partial charge is 0.300 e. The smallest absolute Gasteiger partial charge is 0.130 e. The number of carbonyl (C=O) groups is 1. The number of benzene rings is 3. The zero-order valence-corrected chi connectivity index (χ0v) is 16.4. The first-order valence-electron chi connectivity index (χ1n) is 9.05. The third kappa shape index (κ3) is 11.0. The summed E-state index contributed by atoms with van der Waals surface area (Å²) in [7, 11) is 0. The van der Waals surface area contributed by atoms with Crippen molar-refractivity contribution in [1.82, 2.24) is 0 Å². The predicted molar refractivity (Wildman–Crippen MR) is 113 cm³/mol. The standard InChI is InChI=1S/C10H12O.C8H10.C7H8/c1-9(11)7-8-10-5-3-2-4-6-10;1-7-3-5-8(2)6-4-7;1-7-5-3-2-4-6-7/h2-6H,7-8H2,1H3;3-6H,1-2H3;2-6H,1H3. The Hall–Kier alpha value is -2.67. The third-order valence-corrected chi connectivity index (χ3v) is 3.77. The fraction of sp³-hybridized carbons (Fsp3) is 0.240. The summed E-state index contributed by atoms with van der Waals surface area (Å²) in [5, 5.41) is 0. The fourth-order valence-electron chi connectivity index (χ4n) is 2.14. The van der Waals surface area contributed by atoms with Gasteiger partial charge in [-0.15, -0.1) is 0 Å². The van der Waals surface area contributed by atoms with Crippen LogP contribution in [0.3, 0.4) is 0 Å². The number of hydrogen-bond donors (Lipinski definition) is 0. The van der Waals surface area contributed by atoms with Gasteiger partial charge in [0.05, 0.1) is 0 Å². The molecule has 0 radical (unpaired) electrons. The van der Waals surface area contributed by atoms with Crippen LogP contribution in [0.1, 0.15) is 35.6 Å². The van der Waals surface area contributed by atoms with Gasteiger partial charge in [0, 0.05) is 6.42 Å². The van der Waals surface area contributed by atoms with Gasteiger partial charge in [0.15, 0.2) is 0 Å². The molecule has 0 heterocycles. The molecular weight excluding hydrogens is 316 g/mol.